The maximum absolute atomic E-state index is 12.2. The second kappa shape index (κ2) is 14.5. The summed E-state index contributed by atoms with van der Waals surface area (Å²) in [5.74, 6) is -1.15. The van der Waals surface area contributed by atoms with Crippen LogP contribution in [0.1, 0.15) is 42.8 Å². The van der Waals surface area contributed by atoms with Crippen LogP contribution in [0.25, 0.3) is 0 Å². The number of benzene rings is 2. The molecule has 1 aliphatic rings. The smallest absolute Gasteiger partial charge is 0.313 e. The van der Waals surface area contributed by atoms with Crippen LogP contribution in [0.15, 0.2) is 52.8 Å². The molecule has 0 fully saturated rings. The molecule has 4 rings (SSSR count). The number of ether oxygens (including phenoxy) is 2. The summed E-state index contributed by atoms with van der Waals surface area (Å²) < 4.78 is 12.2. The highest BCUT2D eigenvalue weighted by atomic mass is 35.5. The van der Waals surface area contributed by atoms with Gasteiger partial charge in [-0.1, -0.05) is 58.3 Å². The Hall–Kier alpha value is -3.32. The number of rotatable bonds is 13. The quantitative estimate of drug-likeness (QED) is 0.119. The highest BCUT2D eigenvalue weighted by Gasteiger charge is 2.28. The molecular formula is C26H24Cl3N5O6S. The van der Waals surface area contributed by atoms with Crippen LogP contribution in [0, 0.1) is 0 Å². The number of halogens is 3. The summed E-state index contributed by atoms with van der Waals surface area (Å²) in [5, 5.41) is 13.7. The first-order valence-electron chi connectivity index (χ1n) is 12.3. The van der Waals surface area contributed by atoms with E-state index in [1.807, 2.05) is 12.1 Å². The average Bonchev–Trinajstić information content (AvgIpc) is 3.58. The number of oxime groups is 1. The van der Waals surface area contributed by atoms with Gasteiger partial charge in [-0.15, -0.1) is 21.8 Å². The molecule has 0 saturated heterocycles. The molecule has 0 spiro atoms. The van der Waals surface area contributed by atoms with Gasteiger partial charge in [0.15, 0.2) is 17.7 Å². The molecule has 1 unspecified atom stereocenters. The van der Waals surface area contributed by atoms with Gasteiger partial charge in [-0.3, -0.25) is 19.8 Å². The Kier molecular flexibility index (Phi) is 10.9. The molecule has 0 aliphatic carbocycles. The van der Waals surface area contributed by atoms with E-state index in [1.54, 1.807) is 37.3 Å². The molecule has 1 atom stereocenters. The zero-order valence-electron chi connectivity index (χ0n) is 21.6. The van der Waals surface area contributed by atoms with Gasteiger partial charge in [-0.05, 0) is 31.2 Å². The zero-order chi connectivity index (χ0) is 29.4. The number of Topliss-reactive ketones (excluding diaryl/α,β-unsaturated/α-hetero) is 1. The molecule has 1 aliphatic heterocycles. The van der Waals surface area contributed by atoms with Crippen molar-refractivity contribution < 1.29 is 28.7 Å². The minimum absolute atomic E-state index is 0.0873. The highest BCUT2D eigenvalue weighted by Crippen LogP contribution is 2.36. The van der Waals surface area contributed by atoms with Crippen molar-refractivity contribution in [2.45, 2.75) is 37.6 Å². The Bertz CT molecular complexity index is 1470. The molecule has 1 aromatic heterocycles. The van der Waals surface area contributed by atoms with Crippen LogP contribution in [0.2, 0.25) is 10.0 Å². The average molecular weight is 641 g/mol. The Balaban J connectivity index is 1.46. The van der Waals surface area contributed by atoms with Gasteiger partial charge in [0, 0.05) is 27.6 Å². The molecule has 41 heavy (non-hydrogen) atoms. The summed E-state index contributed by atoms with van der Waals surface area (Å²) in [6.45, 7) is 1.75. The standard InChI is InChI=1S/C26H24Cl3N5O6S/c1-2-38-25(37)10-16(35)14-41-26-31-30-23(34(26)32-24(36)12-27)13-39-21-6-4-3-5-18(21)20-11-22(40-33-20)17-8-7-15(28)9-19(17)29/h3-9,22H,2,10-14H2,1H3,(H,32,36). The van der Waals surface area contributed by atoms with Crippen molar-refractivity contribution >= 4 is 69.9 Å². The monoisotopic (exact) mass is 639 g/mol. The van der Waals surface area contributed by atoms with Gasteiger partial charge in [0.2, 0.25) is 5.16 Å². The van der Waals surface area contributed by atoms with E-state index in [9.17, 15) is 14.4 Å². The zero-order valence-corrected chi connectivity index (χ0v) is 24.7. The fraction of sp³-hybridized carbons (Fsp3) is 0.308. The van der Waals surface area contributed by atoms with E-state index < -0.39 is 11.9 Å². The van der Waals surface area contributed by atoms with E-state index in [1.165, 1.54) is 4.68 Å². The molecule has 2 heterocycles. The lowest BCUT2D eigenvalue weighted by Gasteiger charge is -2.13. The number of thioether (sulfide) groups is 1. The van der Waals surface area contributed by atoms with Gasteiger partial charge in [0.1, 0.15) is 24.7 Å². The van der Waals surface area contributed by atoms with E-state index in [-0.39, 0.29) is 54.1 Å². The lowest BCUT2D eigenvalue weighted by Crippen LogP contribution is -2.27. The van der Waals surface area contributed by atoms with Crippen LogP contribution in [-0.4, -0.2) is 56.5 Å². The minimum Gasteiger partial charge on any atom is -0.485 e. The van der Waals surface area contributed by atoms with Crippen molar-refractivity contribution in [3.05, 3.63) is 69.5 Å². The number of hydrogen-bond donors (Lipinski definition) is 1. The molecule has 0 bridgehead atoms. The van der Waals surface area contributed by atoms with Crippen molar-refractivity contribution in [3.63, 3.8) is 0 Å². The summed E-state index contributed by atoms with van der Waals surface area (Å²) in [7, 11) is 0. The number of nitrogens with one attached hydrogen (secondary N) is 1. The highest BCUT2D eigenvalue weighted by molar-refractivity contribution is 7.99. The maximum Gasteiger partial charge on any atom is 0.313 e. The second-order valence-corrected chi connectivity index (χ2v) is 10.6. The van der Waals surface area contributed by atoms with E-state index in [2.05, 4.69) is 20.8 Å². The summed E-state index contributed by atoms with van der Waals surface area (Å²) in [6, 6.07) is 12.5. The van der Waals surface area contributed by atoms with Gasteiger partial charge in [0.05, 0.1) is 18.1 Å². The third-order valence-electron chi connectivity index (χ3n) is 5.60. The third kappa shape index (κ3) is 8.13. The number of ketones is 1. The van der Waals surface area contributed by atoms with Crippen LogP contribution in [0.3, 0.4) is 0 Å². The first kappa shape index (κ1) is 30.6. The Morgan fingerprint density at radius 1 is 1.17 bits per heavy atom. The lowest BCUT2D eigenvalue weighted by molar-refractivity contribution is -0.145. The summed E-state index contributed by atoms with van der Waals surface area (Å²) in [5.41, 5.74) is 4.71. The molecular weight excluding hydrogens is 617 g/mol. The fourth-order valence-electron chi connectivity index (χ4n) is 3.76. The molecule has 15 heteroatoms. The number of para-hydroxylation sites is 1. The molecule has 11 nitrogen and oxygen atoms in total. The van der Waals surface area contributed by atoms with Gasteiger partial charge in [0.25, 0.3) is 5.91 Å². The number of esters is 1. The molecule has 1 amide bonds. The van der Waals surface area contributed by atoms with Crippen molar-refractivity contribution in [1.29, 1.82) is 0 Å². The Morgan fingerprint density at radius 2 is 1.98 bits per heavy atom. The Morgan fingerprint density at radius 3 is 2.73 bits per heavy atom. The second-order valence-electron chi connectivity index (χ2n) is 8.50. The number of amides is 1. The van der Waals surface area contributed by atoms with E-state index in [0.717, 1.165) is 17.3 Å². The predicted molar refractivity (Wildman–Crippen MR) is 154 cm³/mol. The molecule has 0 radical (unpaired) electrons. The van der Waals surface area contributed by atoms with Crippen molar-refractivity contribution in [1.82, 2.24) is 14.9 Å². The van der Waals surface area contributed by atoms with Crippen LogP contribution in [-0.2, 0) is 30.6 Å². The fourth-order valence-corrected chi connectivity index (χ4v) is 5.12. The van der Waals surface area contributed by atoms with E-state index in [4.69, 9.17) is 49.1 Å². The Labute approximate surface area is 254 Å². The van der Waals surface area contributed by atoms with Crippen molar-refractivity contribution in [2.75, 3.05) is 23.7 Å². The largest absolute Gasteiger partial charge is 0.485 e. The number of hydrogen-bond acceptors (Lipinski definition) is 10. The van der Waals surface area contributed by atoms with Gasteiger partial charge in [-0.2, -0.15) is 0 Å². The van der Waals surface area contributed by atoms with Crippen molar-refractivity contribution in [2.24, 2.45) is 5.16 Å². The minimum atomic E-state index is -0.609. The predicted octanol–water partition coefficient (Wildman–Crippen LogP) is 4.95. The van der Waals surface area contributed by atoms with E-state index in [0.29, 0.717) is 33.5 Å². The number of alkyl halides is 1. The lowest BCUT2D eigenvalue weighted by atomic mass is 9.99. The van der Waals surface area contributed by atoms with Crippen LogP contribution < -0.4 is 10.2 Å². The summed E-state index contributed by atoms with van der Waals surface area (Å²) in [4.78, 5) is 41.5. The number of carbonyl (C=O) groups is 3. The number of nitrogens with zero attached hydrogens (tertiary/aromatic N) is 4. The van der Waals surface area contributed by atoms with Crippen molar-refractivity contribution in [3.8, 4) is 5.75 Å². The molecule has 0 saturated carbocycles. The van der Waals surface area contributed by atoms with Gasteiger partial charge < -0.3 is 14.3 Å². The molecule has 1 N–H and O–H groups in total. The first-order chi connectivity index (χ1) is 19.8. The SMILES string of the molecule is CCOC(=O)CC(=O)CSc1nnc(COc2ccccc2C2=NOC(c3ccc(Cl)cc3Cl)C2)n1NC(=O)CCl. The molecule has 2 aromatic carbocycles. The van der Waals surface area contributed by atoms with Gasteiger partial charge >= 0.3 is 5.97 Å². The molecule has 216 valence electrons. The first-order valence-corrected chi connectivity index (χ1v) is 14.6. The maximum atomic E-state index is 12.2. The molecule has 3 aromatic rings. The third-order valence-corrected chi connectivity index (χ3v) is 7.39. The number of carbonyl (C=O) groups excluding carboxylic acids is 3. The normalized spacial score (nSPS) is 14.2. The topological polar surface area (TPSA) is 134 Å². The summed E-state index contributed by atoms with van der Waals surface area (Å²) >= 11 is 19.1. The van der Waals surface area contributed by atoms with Gasteiger partial charge in [-0.25, -0.2) is 4.68 Å². The van der Waals surface area contributed by atoms with E-state index >= 15 is 0 Å². The summed E-state index contributed by atoms with van der Waals surface area (Å²) in [6.07, 6.45) is -0.304. The van der Waals surface area contributed by atoms with Crippen LogP contribution in [0.4, 0.5) is 0 Å². The van der Waals surface area contributed by atoms with Crippen LogP contribution >= 0.6 is 46.6 Å². The number of aromatic nitrogens is 3. The van der Waals surface area contributed by atoms with Crippen LogP contribution in [0.5, 0.6) is 5.75 Å².